The van der Waals surface area contributed by atoms with E-state index < -0.39 is 0 Å². The number of thiazole rings is 1. The second-order valence-corrected chi connectivity index (χ2v) is 3.50. The SMILES string of the molecule is C=C(OC)c1nc(N)sc1COC. The lowest BCUT2D eigenvalue weighted by molar-refractivity contribution is 0.186. The molecule has 0 amide bonds. The smallest absolute Gasteiger partial charge is 0.181 e. The molecule has 0 aliphatic heterocycles. The fourth-order valence-corrected chi connectivity index (χ4v) is 1.74. The van der Waals surface area contributed by atoms with Crippen molar-refractivity contribution in [3.63, 3.8) is 0 Å². The normalized spacial score (nSPS) is 10.0. The number of aromatic nitrogens is 1. The van der Waals surface area contributed by atoms with Crippen LogP contribution in [0.1, 0.15) is 10.6 Å². The highest BCUT2D eigenvalue weighted by Gasteiger charge is 2.12. The van der Waals surface area contributed by atoms with Crippen molar-refractivity contribution in [1.29, 1.82) is 0 Å². The number of rotatable bonds is 4. The van der Waals surface area contributed by atoms with Gasteiger partial charge in [0.05, 0.1) is 18.6 Å². The van der Waals surface area contributed by atoms with E-state index in [0.717, 1.165) is 4.88 Å². The topological polar surface area (TPSA) is 57.4 Å². The highest BCUT2D eigenvalue weighted by atomic mass is 32.1. The molecule has 13 heavy (non-hydrogen) atoms. The molecule has 0 unspecified atom stereocenters. The van der Waals surface area contributed by atoms with Gasteiger partial charge in [0.1, 0.15) is 11.5 Å². The Balaban J connectivity index is 2.96. The summed E-state index contributed by atoms with van der Waals surface area (Å²) in [4.78, 5) is 5.03. The highest BCUT2D eigenvalue weighted by Crippen LogP contribution is 2.26. The van der Waals surface area contributed by atoms with E-state index in [2.05, 4.69) is 11.6 Å². The summed E-state index contributed by atoms with van der Waals surface area (Å²) in [5.74, 6) is 0.514. The first-order valence-electron chi connectivity index (χ1n) is 3.66. The van der Waals surface area contributed by atoms with E-state index >= 15 is 0 Å². The number of nitrogens with two attached hydrogens (primary N) is 1. The van der Waals surface area contributed by atoms with Gasteiger partial charge in [-0.05, 0) is 0 Å². The van der Waals surface area contributed by atoms with Crippen molar-refractivity contribution in [1.82, 2.24) is 4.98 Å². The number of nitrogens with zero attached hydrogens (tertiary/aromatic N) is 1. The van der Waals surface area contributed by atoms with Crippen LogP contribution in [0.4, 0.5) is 5.13 Å². The molecule has 1 aromatic heterocycles. The lowest BCUT2D eigenvalue weighted by Crippen LogP contribution is -1.93. The summed E-state index contributed by atoms with van der Waals surface area (Å²) in [6, 6.07) is 0. The van der Waals surface area contributed by atoms with Gasteiger partial charge in [0.25, 0.3) is 0 Å². The first kappa shape index (κ1) is 10.0. The van der Waals surface area contributed by atoms with Gasteiger partial charge in [-0.2, -0.15) is 0 Å². The molecule has 1 aromatic rings. The first-order chi connectivity index (χ1) is 6.19. The van der Waals surface area contributed by atoms with E-state index in [1.54, 1.807) is 14.2 Å². The third-order valence-corrected chi connectivity index (χ3v) is 2.36. The van der Waals surface area contributed by atoms with Crippen LogP contribution in [0.25, 0.3) is 5.76 Å². The van der Waals surface area contributed by atoms with Crippen LogP contribution in [0.2, 0.25) is 0 Å². The molecule has 0 fully saturated rings. The monoisotopic (exact) mass is 200 g/mol. The Labute approximate surface area is 81.0 Å². The van der Waals surface area contributed by atoms with Gasteiger partial charge in [-0.1, -0.05) is 17.9 Å². The maximum atomic E-state index is 5.56. The molecule has 0 aliphatic rings. The van der Waals surface area contributed by atoms with Gasteiger partial charge >= 0.3 is 0 Å². The summed E-state index contributed by atoms with van der Waals surface area (Å²) in [6.07, 6.45) is 0. The van der Waals surface area contributed by atoms with Gasteiger partial charge in [0.15, 0.2) is 5.13 Å². The Bertz CT molecular complexity index is 309. The molecule has 0 saturated heterocycles. The molecule has 0 aromatic carbocycles. The van der Waals surface area contributed by atoms with Crippen LogP contribution in [0.3, 0.4) is 0 Å². The highest BCUT2D eigenvalue weighted by molar-refractivity contribution is 7.15. The lowest BCUT2D eigenvalue weighted by Gasteiger charge is -2.02. The van der Waals surface area contributed by atoms with Crippen LogP contribution in [-0.4, -0.2) is 19.2 Å². The van der Waals surface area contributed by atoms with Gasteiger partial charge in [0.2, 0.25) is 0 Å². The Hall–Kier alpha value is -1.07. The van der Waals surface area contributed by atoms with Crippen molar-refractivity contribution < 1.29 is 9.47 Å². The van der Waals surface area contributed by atoms with Crippen molar-refractivity contribution in [2.24, 2.45) is 0 Å². The minimum absolute atomic E-state index is 0.479. The van der Waals surface area contributed by atoms with E-state index in [1.165, 1.54) is 11.3 Å². The Kier molecular flexibility index (Phi) is 3.27. The molecule has 5 heteroatoms. The number of hydrogen-bond acceptors (Lipinski definition) is 5. The predicted octanol–water partition coefficient (Wildman–Crippen LogP) is 1.49. The average Bonchev–Trinajstić information content (AvgIpc) is 2.46. The molecule has 0 atom stereocenters. The largest absolute Gasteiger partial charge is 0.495 e. The van der Waals surface area contributed by atoms with E-state index in [9.17, 15) is 0 Å². The van der Waals surface area contributed by atoms with Crippen LogP contribution < -0.4 is 5.73 Å². The third kappa shape index (κ3) is 2.19. The van der Waals surface area contributed by atoms with Crippen LogP contribution in [0, 0.1) is 0 Å². The predicted molar refractivity (Wildman–Crippen MR) is 53.3 cm³/mol. The molecule has 0 aliphatic carbocycles. The zero-order valence-electron chi connectivity index (χ0n) is 7.66. The lowest BCUT2D eigenvalue weighted by atomic mass is 10.3. The number of anilines is 1. The van der Waals surface area contributed by atoms with Crippen LogP contribution in [0.15, 0.2) is 6.58 Å². The maximum absolute atomic E-state index is 5.56. The number of nitrogen functional groups attached to an aromatic ring is 1. The standard InChI is InChI=1S/C8H12N2O2S/c1-5(12-3)7-6(4-11-2)13-8(9)10-7/h1,4H2,2-3H3,(H2,9,10). The van der Waals surface area contributed by atoms with Gasteiger partial charge in [-0.15, -0.1) is 0 Å². The first-order valence-corrected chi connectivity index (χ1v) is 4.48. The number of hydrogen-bond donors (Lipinski definition) is 1. The summed E-state index contributed by atoms with van der Waals surface area (Å²) in [5, 5.41) is 0.500. The molecule has 0 radical (unpaired) electrons. The minimum atomic E-state index is 0.479. The fraction of sp³-hybridized carbons (Fsp3) is 0.375. The van der Waals surface area contributed by atoms with Crippen LogP contribution >= 0.6 is 11.3 Å². The van der Waals surface area contributed by atoms with Gasteiger partial charge in [0, 0.05) is 7.11 Å². The molecule has 72 valence electrons. The summed E-state index contributed by atoms with van der Waals surface area (Å²) in [6.45, 7) is 4.19. The quantitative estimate of drug-likeness (QED) is 0.748. The summed E-state index contributed by atoms with van der Waals surface area (Å²) >= 11 is 1.38. The molecule has 0 bridgehead atoms. The molecular weight excluding hydrogens is 188 g/mol. The van der Waals surface area contributed by atoms with E-state index in [4.69, 9.17) is 15.2 Å². The number of methoxy groups -OCH3 is 2. The van der Waals surface area contributed by atoms with Crippen LogP contribution in [0.5, 0.6) is 0 Å². The minimum Gasteiger partial charge on any atom is -0.495 e. The van der Waals surface area contributed by atoms with Gasteiger partial charge in [-0.25, -0.2) is 4.98 Å². The molecule has 2 N–H and O–H groups in total. The zero-order chi connectivity index (χ0) is 9.84. The molecule has 0 spiro atoms. The molecule has 4 nitrogen and oxygen atoms in total. The van der Waals surface area contributed by atoms with Crippen molar-refractivity contribution in [3.8, 4) is 0 Å². The van der Waals surface area contributed by atoms with E-state index in [1.807, 2.05) is 0 Å². The fourth-order valence-electron chi connectivity index (χ4n) is 0.913. The maximum Gasteiger partial charge on any atom is 0.181 e. The Morgan fingerprint density at radius 2 is 2.31 bits per heavy atom. The Morgan fingerprint density at radius 1 is 1.62 bits per heavy atom. The number of ether oxygens (including phenoxy) is 2. The van der Waals surface area contributed by atoms with Gasteiger partial charge in [-0.3, -0.25) is 0 Å². The van der Waals surface area contributed by atoms with Crippen molar-refractivity contribution in [2.75, 3.05) is 20.0 Å². The van der Waals surface area contributed by atoms with Crippen molar-refractivity contribution >= 4 is 22.2 Å². The zero-order valence-corrected chi connectivity index (χ0v) is 8.48. The molecular formula is C8H12N2O2S. The molecule has 1 heterocycles. The van der Waals surface area contributed by atoms with Crippen LogP contribution in [-0.2, 0) is 16.1 Å². The van der Waals surface area contributed by atoms with E-state index in [0.29, 0.717) is 23.2 Å². The van der Waals surface area contributed by atoms with Gasteiger partial charge < -0.3 is 15.2 Å². The Morgan fingerprint density at radius 3 is 2.85 bits per heavy atom. The summed E-state index contributed by atoms with van der Waals surface area (Å²) in [7, 11) is 3.17. The second kappa shape index (κ2) is 4.25. The summed E-state index contributed by atoms with van der Waals surface area (Å²) < 4.78 is 9.97. The molecule has 0 saturated carbocycles. The van der Waals surface area contributed by atoms with Crippen molar-refractivity contribution in [2.45, 2.75) is 6.61 Å². The van der Waals surface area contributed by atoms with E-state index in [-0.39, 0.29) is 0 Å². The second-order valence-electron chi connectivity index (χ2n) is 2.38. The van der Waals surface area contributed by atoms with Crippen molar-refractivity contribution in [3.05, 3.63) is 17.2 Å². The summed E-state index contributed by atoms with van der Waals surface area (Å²) in [5.41, 5.74) is 6.24. The third-order valence-electron chi connectivity index (χ3n) is 1.50. The average molecular weight is 200 g/mol. The molecule has 1 rings (SSSR count).